The van der Waals surface area contributed by atoms with Crippen LogP contribution in [-0.4, -0.2) is 29.0 Å². The molecule has 0 aliphatic heterocycles. The Morgan fingerprint density at radius 3 is 2.50 bits per heavy atom. The van der Waals surface area contributed by atoms with Gasteiger partial charge in [0.2, 0.25) is 0 Å². The summed E-state index contributed by atoms with van der Waals surface area (Å²) in [6.45, 7) is 1.26. The highest BCUT2D eigenvalue weighted by molar-refractivity contribution is 5.97. The topological polar surface area (TPSA) is 92.7 Å². The maximum absolute atomic E-state index is 12.3. The molecule has 26 heavy (non-hydrogen) atoms. The average molecular weight is 353 g/mol. The summed E-state index contributed by atoms with van der Waals surface area (Å²) in [5.41, 5.74) is 1.15. The normalized spacial score (nSPS) is 11.7. The summed E-state index contributed by atoms with van der Waals surface area (Å²) < 4.78 is 4.92. The molecule has 0 aromatic heterocycles. The number of ether oxygens (including phenoxy) is 1. The Labute approximate surface area is 151 Å². The summed E-state index contributed by atoms with van der Waals surface area (Å²) in [5.74, 6) is -1.97. The van der Waals surface area contributed by atoms with E-state index in [4.69, 9.17) is 4.74 Å². The van der Waals surface area contributed by atoms with Crippen molar-refractivity contribution in [1.82, 2.24) is 5.32 Å². The first-order valence-electron chi connectivity index (χ1n) is 7.99. The molecule has 2 aromatic rings. The molecule has 6 nitrogen and oxygen atoms in total. The molecule has 2 aromatic carbocycles. The lowest BCUT2D eigenvalue weighted by Crippen LogP contribution is -2.40. The molecule has 0 aliphatic carbocycles. The lowest BCUT2D eigenvalue weighted by atomic mass is 10.1. The van der Waals surface area contributed by atoms with Crippen molar-refractivity contribution in [2.24, 2.45) is 0 Å². The van der Waals surface area contributed by atoms with Crippen LogP contribution in [0.4, 0.5) is 0 Å². The Morgan fingerprint density at radius 2 is 1.85 bits per heavy atom. The van der Waals surface area contributed by atoms with E-state index in [9.17, 15) is 19.5 Å². The predicted octanol–water partition coefficient (Wildman–Crippen LogP) is 2.90. The molecule has 6 heteroatoms. The van der Waals surface area contributed by atoms with Crippen LogP contribution in [-0.2, 0) is 9.59 Å². The Hall–Kier alpha value is -3.41. The third kappa shape index (κ3) is 5.90. The number of amides is 1. The SMILES string of the molecule is CC(=O)Oc1cccc(C(=O)N[C@@H](C/C=C/c2ccccc2)C(=O)O)c1. The quantitative estimate of drug-likeness (QED) is 0.590. The van der Waals surface area contributed by atoms with Gasteiger partial charge in [0.15, 0.2) is 0 Å². The standard InChI is InChI=1S/C20H19NO5/c1-14(22)26-17-11-6-10-16(13-17)19(23)21-18(20(24)25)12-5-9-15-7-3-2-4-8-15/h2-11,13,18H,12H2,1H3,(H,21,23)(H,24,25)/b9-5+/t18-/m0/s1. The van der Waals surface area contributed by atoms with Crippen LogP contribution in [0.3, 0.4) is 0 Å². The maximum atomic E-state index is 12.3. The number of esters is 1. The molecule has 0 unspecified atom stereocenters. The number of hydrogen-bond acceptors (Lipinski definition) is 4. The summed E-state index contributed by atoms with van der Waals surface area (Å²) in [6.07, 6.45) is 3.63. The molecular formula is C20H19NO5. The molecule has 0 spiro atoms. The minimum Gasteiger partial charge on any atom is -0.480 e. The van der Waals surface area contributed by atoms with Crippen LogP contribution in [0.5, 0.6) is 5.75 Å². The van der Waals surface area contributed by atoms with Gasteiger partial charge in [0.1, 0.15) is 11.8 Å². The highest BCUT2D eigenvalue weighted by Gasteiger charge is 2.19. The minimum absolute atomic E-state index is 0.138. The van der Waals surface area contributed by atoms with Crippen molar-refractivity contribution in [3.8, 4) is 5.75 Å². The second-order valence-electron chi connectivity index (χ2n) is 5.53. The molecule has 134 valence electrons. The van der Waals surface area contributed by atoms with Gasteiger partial charge in [0, 0.05) is 12.5 Å². The number of benzene rings is 2. The zero-order valence-electron chi connectivity index (χ0n) is 14.2. The maximum Gasteiger partial charge on any atom is 0.326 e. The third-order valence-corrected chi connectivity index (χ3v) is 3.44. The number of rotatable bonds is 7. The summed E-state index contributed by atoms with van der Waals surface area (Å²) >= 11 is 0. The molecule has 0 saturated heterocycles. The lowest BCUT2D eigenvalue weighted by Gasteiger charge is -2.13. The fourth-order valence-corrected chi connectivity index (χ4v) is 2.23. The van der Waals surface area contributed by atoms with Gasteiger partial charge in [0.25, 0.3) is 5.91 Å². The van der Waals surface area contributed by atoms with Gasteiger partial charge in [-0.05, 0) is 30.2 Å². The zero-order chi connectivity index (χ0) is 18.9. The van der Waals surface area contributed by atoms with Crippen molar-refractivity contribution in [2.75, 3.05) is 0 Å². The highest BCUT2D eigenvalue weighted by atomic mass is 16.5. The lowest BCUT2D eigenvalue weighted by molar-refractivity contribution is -0.139. The number of nitrogens with one attached hydrogen (secondary N) is 1. The summed E-state index contributed by atoms with van der Waals surface area (Å²) in [5, 5.41) is 11.8. The summed E-state index contributed by atoms with van der Waals surface area (Å²) in [7, 11) is 0. The number of carboxylic acids is 1. The molecule has 0 radical (unpaired) electrons. The average Bonchev–Trinajstić information content (AvgIpc) is 2.61. The molecule has 0 fully saturated rings. The summed E-state index contributed by atoms with van der Waals surface area (Å²) in [6, 6.07) is 14.4. The van der Waals surface area contributed by atoms with E-state index < -0.39 is 23.9 Å². The van der Waals surface area contributed by atoms with E-state index in [0.29, 0.717) is 0 Å². The number of aliphatic carboxylic acids is 1. The van der Waals surface area contributed by atoms with Crippen LogP contribution in [0.25, 0.3) is 6.08 Å². The highest BCUT2D eigenvalue weighted by Crippen LogP contribution is 2.14. The van der Waals surface area contributed by atoms with Crippen molar-refractivity contribution in [2.45, 2.75) is 19.4 Å². The van der Waals surface area contributed by atoms with Crippen LogP contribution in [0.2, 0.25) is 0 Å². The van der Waals surface area contributed by atoms with Crippen LogP contribution < -0.4 is 10.1 Å². The van der Waals surface area contributed by atoms with Crippen molar-refractivity contribution in [3.63, 3.8) is 0 Å². The van der Waals surface area contributed by atoms with Crippen LogP contribution in [0.15, 0.2) is 60.7 Å². The second kappa shape index (κ2) is 9.17. The molecule has 1 atom stereocenters. The molecule has 2 rings (SSSR count). The Balaban J connectivity index is 2.02. The van der Waals surface area contributed by atoms with Gasteiger partial charge in [0.05, 0.1) is 0 Å². The van der Waals surface area contributed by atoms with Crippen LogP contribution >= 0.6 is 0 Å². The van der Waals surface area contributed by atoms with Gasteiger partial charge in [-0.25, -0.2) is 4.79 Å². The Kier molecular flexibility index (Phi) is 6.68. The molecule has 0 aliphatic rings. The van der Waals surface area contributed by atoms with Crippen LogP contribution in [0, 0.1) is 0 Å². The Morgan fingerprint density at radius 1 is 1.12 bits per heavy atom. The predicted molar refractivity (Wildman–Crippen MR) is 96.7 cm³/mol. The second-order valence-corrected chi connectivity index (χ2v) is 5.53. The zero-order valence-corrected chi connectivity index (χ0v) is 14.2. The number of carboxylic acid groups (broad SMARTS) is 1. The van der Waals surface area contributed by atoms with Gasteiger partial charge >= 0.3 is 11.9 Å². The molecule has 0 heterocycles. The van der Waals surface area contributed by atoms with Crippen molar-refractivity contribution < 1.29 is 24.2 Å². The van der Waals surface area contributed by atoms with E-state index in [2.05, 4.69) is 5.32 Å². The number of carbonyl (C=O) groups excluding carboxylic acids is 2. The molecule has 1 amide bonds. The third-order valence-electron chi connectivity index (χ3n) is 3.44. The van der Waals surface area contributed by atoms with Gasteiger partial charge in [-0.3, -0.25) is 9.59 Å². The van der Waals surface area contributed by atoms with Gasteiger partial charge < -0.3 is 15.2 Å². The van der Waals surface area contributed by atoms with E-state index in [-0.39, 0.29) is 17.7 Å². The first kappa shape index (κ1) is 18.9. The molecule has 0 saturated carbocycles. The van der Waals surface area contributed by atoms with E-state index in [1.54, 1.807) is 18.2 Å². The molecular weight excluding hydrogens is 334 g/mol. The molecule has 0 bridgehead atoms. The van der Waals surface area contributed by atoms with Crippen molar-refractivity contribution in [3.05, 3.63) is 71.8 Å². The fourth-order valence-electron chi connectivity index (χ4n) is 2.23. The van der Waals surface area contributed by atoms with E-state index >= 15 is 0 Å². The molecule has 2 N–H and O–H groups in total. The minimum atomic E-state index is -1.13. The van der Waals surface area contributed by atoms with Gasteiger partial charge in [-0.1, -0.05) is 48.6 Å². The monoisotopic (exact) mass is 353 g/mol. The number of carbonyl (C=O) groups is 3. The largest absolute Gasteiger partial charge is 0.480 e. The van der Waals surface area contributed by atoms with E-state index in [0.717, 1.165) is 5.56 Å². The van der Waals surface area contributed by atoms with Gasteiger partial charge in [-0.15, -0.1) is 0 Å². The Bertz CT molecular complexity index is 814. The van der Waals surface area contributed by atoms with Crippen molar-refractivity contribution >= 4 is 23.9 Å². The van der Waals surface area contributed by atoms with Gasteiger partial charge in [-0.2, -0.15) is 0 Å². The smallest absolute Gasteiger partial charge is 0.326 e. The van der Waals surface area contributed by atoms with Crippen molar-refractivity contribution in [1.29, 1.82) is 0 Å². The first-order chi connectivity index (χ1) is 12.5. The van der Waals surface area contributed by atoms with Crippen LogP contribution in [0.1, 0.15) is 29.3 Å². The van der Waals surface area contributed by atoms with E-state index in [1.165, 1.54) is 25.1 Å². The first-order valence-corrected chi connectivity index (χ1v) is 7.99. The fraction of sp³-hybridized carbons (Fsp3) is 0.150. The van der Waals surface area contributed by atoms with E-state index in [1.807, 2.05) is 30.3 Å². The number of hydrogen-bond donors (Lipinski definition) is 2. The summed E-state index contributed by atoms with van der Waals surface area (Å²) in [4.78, 5) is 34.7.